The Morgan fingerprint density at radius 1 is 1.07 bits per heavy atom. The lowest BCUT2D eigenvalue weighted by Crippen LogP contribution is -2.45. The summed E-state index contributed by atoms with van der Waals surface area (Å²) in [6, 6.07) is 14.7. The summed E-state index contributed by atoms with van der Waals surface area (Å²) in [7, 11) is 2.82. The van der Waals surface area contributed by atoms with E-state index in [4.69, 9.17) is 4.74 Å². The molecule has 146 valence electrons. The Kier molecular flexibility index (Phi) is 6.29. The summed E-state index contributed by atoms with van der Waals surface area (Å²) in [5, 5.41) is 0. The predicted octanol–water partition coefficient (Wildman–Crippen LogP) is 2.95. The molecule has 2 aliphatic heterocycles. The molecule has 1 saturated heterocycles. The zero-order valence-electron chi connectivity index (χ0n) is 15.8. The van der Waals surface area contributed by atoms with Crippen LogP contribution < -0.4 is 14.5 Å². The van der Waals surface area contributed by atoms with Crippen molar-refractivity contribution in [2.75, 3.05) is 56.0 Å². The average molecular weight is 408 g/mol. The molecule has 4 rings (SSSR count). The fraction of sp³-hybridized carbons (Fsp3) is 0.400. The highest BCUT2D eigenvalue weighted by atomic mass is 35.5. The largest absolute Gasteiger partial charge is 0.497 e. The highest BCUT2D eigenvalue weighted by Gasteiger charge is 2.24. The summed E-state index contributed by atoms with van der Waals surface area (Å²) >= 11 is 0. The van der Waals surface area contributed by atoms with Crippen LogP contribution in [0.1, 0.15) is 5.56 Å². The van der Waals surface area contributed by atoms with Crippen molar-refractivity contribution in [2.24, 2.45) is 0 Å². The highest BCUT2D eigenvalue weighted by molar-refractivity contribution is 7.85. The molecule has 0 N–H and O–H groups in total. The molecule has 0 bridgehead atoms. The van der Waals surface area contributed by atoms with Crippen LogP contribution >= 0.6 is 12.4 Å². The zero-order valence-corrected chi connectivity index (χ0v) is 17.4. The Bertz CT molecular complexity index is 825. The highest BCUT2D eigenvalue weighted by Crippen LogP contribution is 2.31. The van der Waals surface area contributed by atoms with Crippen LogP contribution in [0.4, 0.5) is 11.4 Å². The van der Waals surface area contributed by atoms with Gasteiger partial charge in [0, 0.05) is 51.5 Å². The number of ether oxygens (including phenoxy) is 1. The SMILES string of the molecule is COc1cccc(N2CCN(Cc3ccc4c(c3)S(=O)CN4C)CC2)c1.Cl. The van der Waals surface area contributed by atoms with Crippen LogP contribution in [0.5, 0.6) is 5.75 Å². The first-order valence-corrected chi connectivity index (χ1v) is 10.3. The first-order valence-electron chi connectivity index (χ1n) is 8.98. The second-order valence-electron chi connectivity index (χ2n) is 6.94. The van der Waals surface area contributed by atoms with Crippen LogP contribution in [0.15, 0.2) is 47.4 Å². The van der Waals surface area contributed by atoms with Crippen molar-refractivity contribution in [3.8, 4) is 5.75 Å². The normalized spacial score (nSPS) is 19.6. The summed E-state index contributed by atoms with van der Waals surface area (Å²) in [6.45, 7) is 4.98. The van der Waals surface area contributed by atoms with Crippen LogP contribution in [0.25, 0.3) is 0 Å². The lowest BCUT2D eigenvalue weighted by molar-refractivity contribution is 0.249. The van der Waals surface area contributed by atoms with E-state index in [1.54, 1.807) is 7.11 Å². The topological polar surface area (TPSA) is 36.0 Å². The Balaban J connectivity index is 0.00000210. The number of rotatable bonds is 4. The van der Waals surface area contributed by atoms with Crippen LogP contribution in [0.2, 0.25) is 0 Å². The van der Waals surface area contributed by atoms with Crippen molar-refractivity contribution >= 4 is 34.6 Å². The minimum absolute atomic E-state index is 0. The standard InChI is InChI=1S/C20H25N3O2S.ClH/c1-21-15-26(24)20-12-16(6-7-19(20)21)14-22-8-10-23(11-9-22)17-4-3-5-18(13-17)25-2;/h3-7,12-13H,8-11,14-15H2,1-2H3;1H. The second-order valence-corrected chi connectivity index (χ2v) is 8.33. The van der Waals surface area contributed by atoms with Gasteiger partial charge in [0.2, 0.25) is 0 Å². The van der Waals surface area contributed by atoms with Crippen LogP contribution in [0, 0.1) is 0 Å². The molecule has 27 heavy (non-hydrogen) atoms. The number of hydrogen-bond donors (Lipinski definition) is 0. The molecule has 2 aliphatic rings. The van der Waals surface area contributed by atoms with Gasteiger partial charge in [-0.05, 0) is 29.8 Å². The summed E-state index contributed by atoms with van der Waals surface area (Å²) in [5.41, 5.74) is 3.58. The van der Waals surface area contributed by atoms with E-state index in [1.807, 2.05) is 19.2 Å². The third kappa shape index (κ3) is 4.23. The molecule has 0 saturated carbocycles. The van der Waals surface area contributed by atoms with Gasteiger partial charge in [-0.15, -0.1) is 12.4 Å². The number of fused-ring (bicyclic) bond motifs is 1. The van der Waals surface area contributed by atoms with Crippen molar-refractivity contribution < 1.29 is 8.95 Å². The maximum Gasteiger partial charge on any atom is 0.120 e. The minimum atomic E-state index is -0.891. The molecule has 0 radical (unpaired) electrons. The van der Waals surface area contributed by atoms with E-state index in [-0.39, 0.29) is 12.4 Å². The summed E-state index contributed by atoms with van der Waals surface area (Å²) in [6.07, 6.45) is 0. The van der Waals surface area contributed by atoms with Crippen LogP contribution in [-0.2, 0) is 17.3 Å². The van der Waals surface area contributed by atoms with Crippen molar-refractivity contribution in [2.45, 2.75) is 11.4 Å². The van der Waals surface area contributed by atoms with Crippen molar-refractivity contribution in [3.05, 3.63) is 48.0 Å². The molecule has 0 spiro atoms. The average Bonchev–Trinajstić information content (AvgIpc) is 2.96. The predicted molar refractivity (Wildman–Crippen MR) is 114 cm³/mol. The molecule has 2 aromatic rings. The van der Waals surface area contributed by atoms with Crippen LogP contribution in [0.3, 0.4) is 0 Å². The maximum absolute atomic E-state index is 12.2. The number of anilines is 2. The Morgan fingerprint density at radius 3 is 2.59 bits per heavy atom. The van der Waals surface area contributed by atoms with Crippen LogP contribution in [-0.4, -0.2) is 55.3 Å². The Labute approximate surface area is 169 Å². The molecule has 5 nitrogen and oxygen atoms in total. The Hall–Kier alpha value is -1.76. The molecule has 1 fully saturated rings. The molecule has 2 aromatic carbocycles. The maximum atomic E-state index is 12.2. The molecular weight excluding hydrogens is 382 g/mol. The number of methoxy groups -OCH3 is 1. The first-order chi connectivity index (χ1) is 12.6. The van der Waals surface area contributed by atoms with E-state index in [1.165, 1.54) is 11.3 Å². The Morgan fingerprint density at radius 2 is 1.85 bits per heavy atom. The monoisotopic (exact) mass is 407 g/mol. The van der Waals surface area contributed by atoms with Gasteiger partial charge >= 0.3 is 0 Å². The van der Waals surface area contributed by atoms with E-state index in [0.29, 0.717) is 5.88 Å². The summed E-state index contributed by atoms with van der Waals surface area (Å²) in [5.74, 6) is 1.51. The molecule has 2 heterocycles. The van der Waals surface area contributed by atoms with Gasteiger partial charge in [-0.2, -0.15) is 0 Å². The number of piperazine rings is 1. The smallest absolute Gasteiger partial charge is 0.120 e. The van der Waals surface area contributed by atoms with Gasteiger partial charge in [-0.1, -0.05) is 12.1 Å². The minimum Gasteiger partial charge on any atom is -0.497 e. The molecule has 0 aliphatic carbocycles. The number of hydrogen-bond acceptors (Lipinski definition) is 5. The molecular formula is C20H26ClN3O2S. The molecule has 7 heteroatoms. The second kappa shape index (κ2) is 8.50. The van der Waals surface area contributed by atoms with E-state index in [0.717, 1.165) is 49.1 Å². The number of benzene rings is 2. The van der Waals surface area contributed by atoms with Gasteiger partial charge in [-0.3, -0.25) is 9.11 Å². The third-order valence-corrected chi connectivity index (χ3v) is 6.63. The van der Waals surface area contributed by atoms with Gasteiger partial charge in [0.25, 0.3) is 0 Å². The first kappa shape index (κ1) is 20.0. The van der Waals surface area contributed by atoms with Crippen molar-refractivity contribution in [3.63, 3.8) is 0 Å². The lowest BCUT2D eigenvalue weighted by Gasteiger charge is -2.36. The third-order valence-electron chi connectivity index (χ3n) is 5.19. The summed E-state index contributed by atoms with van der Waals surface area (Å²) in [4.78, 5) is 7.94. The van der Waals surface area contributed by atoms with Gasteiger partial charge in [0.15, 0.2) is 0 Å². The number of halogens is 1. The number of nitrogens with zero attached hydrogens (tertiary/aromatic N) is 3. The van der Waals surface area contributed by atoms with E-state index >= 15 is 0 Å². The van der Waals surface area contributed by atoms with E-state index < -0.39 is 10.8 Å². The fourth-order valence-corrected chi connectivity index (χ4v) is 5.07. The summed E-state index contributed by atoms with van der Waals surface area (Å²) < 4.78 is 17.5. The van der Waals surface area contributed by atoms with E-state index in [9.17, 15) is 4.21 Å². The van der Waals surface area contributed by atoms with Gasteiger partial charge in [-0.25, -0.2) is 0 Å². The van der Waals surface area contributed by atoms with Gasteiger partial charge in [0.1, 0.15) is 5.75 Å². The fourth-order valence-electron chi connectivity index (χ4n) is 3.70. The lowest BCUT2D eigenvalue weighted by atomic mass is 10.1. The van der Waals surface area contributed by atoms with Gasteiger partial charge in [0.05, 0.1) is 34.4 Å². The van der Waals surface area contributed by atoms with Gasteiger partial charge < -0.3 is 14.5 Å². The molecule has 1 unspecified atom stereocenters. The quantitative estimate of drug-likeness (QED) is 0.778. The van der Waals surface area contributed by atoms with E-state index in [2.05, 4.69) is 45.0 Å². The molecule has 0 amide bonds. The molecule has 1 atom stereocenters. The van der Waals surface area contributed by atoms with Crippen molar-refractivity contribution in [1.82, 2.24) is 4.90 Å². The van der Waals surface area contributed by atoms with Crippen molar-refractivity contribution in [1.29, 1.82) is 0 Å². The molecule has 0 aromatic heterocycles. The zero-order chi connectivity index (χ0) is 18.1.